The average Bonchev–Trinajstić information content (AvgIpc) is 2.25. The Morgan fingerprint density at radius 3 is 2.73 bits per heavy atom. The highest BCUT2D eigenvalue weighted by molar-refractivity contribution is 8.17. The second-order valence-corrected chi connectivity index (χ2v) is 5.06. The van der Waals surface area contributed by atoms with Crippen molar-refractivity contribution in [1.82, 2.24) is 5.32 Å². The van der Waals surface area contributed by atoms with E-state index in [-0.39, 0.29) is 0 Å². The summed E-state index contributed by atoms with van der Waals surface area (Å²) in [7, 11) is 1.81. The molecule has 1 aliphatic heterocycles. The van der Waals surface area contributed by atoms with E-state index in [1.54, 1.807) is 11.8 Å². The number of nitrogens with one attached hydrogen (secondary N) is 1. The number of hydrogen-bond acceptors (Lipinski definition) is 3. The number of thioether (sulfide) groups is 1. The summed E-state index contributed by atoms with van der Waals surface area (Å²) in [5.41, 5.74) is 0. The van der Waals surface area contributed by atoms with Crippen molar-refractivity contribution in [2.24, 2.45) is 10.9 Å². The van der Waals surface area contributed by atoms with E-state index in [1.807, 2.05) is 14.0 Å². The Balaban J connectivity index is 2.24. The van der Waals surface area contributed by atoms with Crippen LogP contribution in [0.1, 0.15) is 19.8 Å². The van der Waals surface area contributed by atoms with Gasteiger partial charge in [-0.15, -0.1) is 0 Å². The topological polar surface area (TPSA) is 33.6 Å². The van der Waals surface area contributed by atoms with Crippen LogP contribution in [0.25, 0.3) is 0 Å². The van der Waals surface area contributed by atoms with Crippen molar-refractivity contribution in [2.45, 2.75) is 19.8 Å². The Bertz CT molecular complexity index is 235. The van der Waals surface area contributed by atoms with Crippen LogP contribution >= 0.6 is 11.8 Å². The highest BCUT2D eigenvalue weighted by Gasteiger charge is 2.13. The van der Waals surface area contributed by atoms with Crippen LogP contribution in [0.2, 0.25) is 0 Å². The number of rotatable bonds is 3. The fourth-order valence-corrected chi connectivity index (χ4v) is 2.08. The first-order valence-electron chi connectivity index (χ1n) is 5.34. The summed E-state index contributed by atoms with van der Waals surface area (Å²) in [6.45, 7) is 8.65. The van der Waals surface area contributed by atoms with Gasteiger partial charge < -0.3 is 10.1 Å². The van der Waals surface area contributed by atoms with Gasteiger partial charge in [0, 0.05) is 26.8 Å². The molecule has 3 nitrogen and oxygen atoms in total. The van der Waals surface area contributed by atoms with Crippen LogP contribution in [0.4, 0.5) is 0 Å². The van der Waals surface area contributed by atoms with Crippen LogP contribution in [-0.2, 0) is 4.74 Å². The van der Waals surface area contributed by atoms with Crippen molar-refractivity contribution >= 4 is 16.9 Å². The molecule has 0 bridgehead atoms. The molecular formula is C11H20N2OS. The minimum atomic E-state index is 0.723. The fraction of sp³-hybridized carbons (Fsp3) is 0.727. The molecule has 1 fully saturated rings. The maximum absolute atomic E-state index is 5.32. The van der Waals surface area contributed by atoms with Gasteiger partial charge in [-0.2, -0.15) is 0 Å². The second-order valence-electron chi connectivity index (χ2n) is 3.77. The fourth-order valence-electron chi connectivity index (χ4n) is 1.51. The van der Waals surface area contributed by atoms with E-state index in [2.05, 4.69) is 16.9 Å². The quantitative estimate of drug-likeness (QED) is 0.594. The summed E-state index contributed by atoms with van der Waals surface area (Å²) in [6.07, 6.45) is 2.31. The summed E-state index contributed by atoms with van der Waals surface area (Å²) in [6, 6.07) is 0. The van der Waals surface area contributed by atoms with Gasteiger partial charge in [0.2, 0.25) is 0 Å². The van der Waals surface area contributed by atoms with Crippen LogP contribution in [0.5, 0.6) is 0 Å². The molecule has 1 saturated heterocycles. The lowest BCUT2D eigenvalue weighted by molar-refractivity contribution is 0.0676. The Hall–Kier alpha value is -0.480. The maximum atomic E-state index is 5.32. The SMILES string of the molecule is C=C(C)SC(=NC)NCC1CCOCC1. The van der Waals surface area contributed by atoms with E-state index in [0.717, 1.165) is 48.6 Å². The molecule has 0 radical (unpaired) electrons. The molecule has 0 aromatic carbocycles. The molecule has 0 aliphatic carbocycles. The molecule has 0 amide bonds. The second kappa shape index (κ2) is 6.90. The first kappa shape index (κ1) is 12.6. The van der Waals surface area contributed by atoms with E-state index in [9.17, 15) is 0 Å². The highest BCUT2D eigenvalue weighted by Crippen LogP contribution is 2.16. The molecule has 86 valence electrons. The van der Waals surface area contributed by atoms with Crippen LogP contribution in [-0.4, -0.2) is 32.0 Å². The number of nitrogens with zero attached hydrogens (tertiary/aromatic N) is 1. The summed E-state index contributed by atoms with van der Waals surface area (Å²) < 4.78 is 5.32. The van der Waals surface area contributed by atoms with E-state index in [0.29, 0.717) is 0 Å². The molecule has 1 rings (SSSR count). The van der Waals surface area contributed by atoms with E-state index >= 15 is 0 Å². The molecule has 1 N–H and O–H groups in total. The molecule has 0 aromatic heterocycles. The Morgan fingerprint density at radius 2 is 2.20 bits per heavy atom. The minimum Gasteiger partial charge on any atom is -0.381 e. The number of ether oxygens (including phenoxy) is 1. The van der Waals surface area contributed by atoms with Gasteiger partial charge in [0.25, 0.3) is 0 Å². The van der Waals surface area contributed by atoms with Crippen LogP contribution in [0.15, 0.2) is 16.5 Å². The normalized spacial score (nSPS) is 18.9. The molecule has 0 aromatic rings. The van der Waals surface area contributed by atoms with Gasteiger partial charge in [-0.3, -0.25) is 4.99 Å². The third kappa shape index (κ3) is 5.23. The smallest absolute Gasteiger partial charge is 0.160 e. The molecule has 15 heavy (non-hydrogen) atoms. The first-order chi connectivity index (χ1) is 7.22. The predicted molar refractivity (Wildman–Crippen MR) is 67.3 cm³/mol. The predicted octanol–water partition coefficient (Wildman–Crippen LogP) is 2.26. The molecule has 1 heterocycles. The largest absolute Gasteiger partial charge is 0.381 e. The van der Waals surface area contributed by atoms with Crippen LogP contribution < -0.4 is 5.32 Å². The van der Waals surface area contributed by atoms with Crippen molar-refractivity contribution in [2.75, 3.05) is 26.8 Å². The monoisotopic (exact) mass is 228 g/mol. The molecule has 0 atom stereocenters. The lowest BCUT2D eigenvalue weighted by atomic mass is 10.0. The zero-order valence-corrected chi connectivity index (χ0v) is 10.4. The summed E-state index contributed by atoms with van der Waals surface area (Å²) >= 11 is 1.60. The molecule has 4 heteroatoms. The highest BCUT2D eigenvalue weighted by atomic mass is 32.2. The van der Waals surface area contributed by atoms with Gasteiger partial charge in [0.05, 0.1) is 0 Å². The summed E-state index contributed by atoms with van der Waals surface area (Å²) in [5.74, 6) is 0.723. The van der Waals surface area contributed by atoms with E-state index in [1.165, 1.54) is 0 Å². The van der Waals surface area contributed by atoms with Crippen molar-refractivity contribution in [1.29, 1.82) is 0 Å². The summed E-state index contributed by atoms with van der Waals surface area (Å²) in [4.78, 5) is 5.25. The Labute approximate surface area is 96.4 Å². The standard InChI is InChI=1S/C11H20N2OS/c1-9(2)15-11(12-3)13-8-10-4-6-14-7-5-10/h10H,1,4-8H2,2-3H3,(H,12,13). The Kier molecular flexibility index (Phi) is 5.79. The van der Waals surface area contributed by atoms with Gasteiger partial charge in [-0.1, -0.05) is 18.3 Å². The summed E-state index contributed by atoms with van der Waals surface area (Å²) in [5, 5.41) is 4.33. The lowest BCUT2D eigenvalue weighted by Gasteiger charge is -2.22. The zero-order chi connectivity index (χ0) is 11.1. The third-order valence-corrected chi connectivity index (χ3v) is 3.23. The van der Waals surface area contributed by atoms with Crippen molar-refractivity contribution in [3.05, 3.63) is 11.5 Å². The molecular weight excluding hydrogens is 208 g/mol. The van der Waals surface area contributed by atoms with Crippen molar-refractivity contribution < 1.29 is 4.74 Å². The van der Waals surface area contributed by atoms with Gasteiger partial charge in [-0.25, -0.2) is 0 Å². The molecule has 0 unspecified atom stereocenters. The van der Waals surface area contributed by atoms with Crippen molar-refractivity contribution in [3.8, 4) is 0 Å². The van der Waals surface area contributed by atoms with Gasteiger partial charge >= 0.3 is 0 Å². The van der Waals surface area contributed by atoms with Gasteiger partial charge in [0.15, 0.2) is 5.17 Å². The zero-order valence-electron chi connectivity index (χ0n) is 9.58. The molecule has 0 saturated carbocycles. The molecule has 1 aliphatic rings. The molecule has 0 spiro atoms. The van der Waals surface area contributed by atoms with Gasteiger partial charge in [0.1, 0.15) is 0 Å². The third-order valence-electron chi connectivity index (χ3n) is 2.36. The van der Waals surface area contributed by atoms with Crippen molar-refractivity contribution in [3.63, 3.8) is 0 Å². The number of amidine groups is 1. The number of allylic oxidation sites excluding steroid dienone is 1. The van der Waals surface area contributed by atoms with Crippen LogP contribution in [0.3, 0.4) is 0 Å². The Morgan fingerprint density at radius 1 is 1.53 bits per heavy atom. The maximum Gasteiger partial charge on any atom is 0.160 e. The average molecular weight is 228 g/mol. The first-order valence-corrected chi connectivity index (χ1v) is 6.15. The number of aliphatic imine (C=N–C) groups is 1. The van der Waals surface area contributed by atoms with E-state index < -0.39 is 0 Å². The van der Waals surface area contributed by atoms with Gasteiger partial charge in [-0.05, 0) is 30.6 Å². The van der Waals surface area contributed by atoms with E-state index in [4.69, 9.17) is 4.74 Å². The lowest BCUT2D eigenvalue weighted by Crippen LogP contribution is -2.30. The number of hydrogen-bond donors (Lipinski definition) is 1. The van der Waals surface area contributed by atoms with Crippen LogP contribution in [0, 0.1) is 5.92 Å². The minimum absolute atomic E-state index is 0.723.